The van der Waals surface area contributed by atoms with Gasteiger partial charge in [-0.1, -0.05) is 13.8 Å². The Labute approximate surface area is 109 Å². The first-order chi connectivity index (χ1) is 8.85. The molecule has 1 saturated heterocycles. The Hall–Kier alpha value is -1.20. The molecule has 1 unspecified atom stereocenters. The summed E-state index contributed by atoms with van der Waals surface area (Å²) in [5.74, 6) is 0.963. The smallest absolute Gasteiger partial charge is 0.151 e. The molecule has 2 heterocycles. The summed E-state index contributed by atoms with van der Waals surface area (Å²) in [6.45, 7) is 8.46. The van der Waals surface area contributed by atoms with Gasteiger partial charge < -0.3 is 15.0 Å². The van der Waals surface area contributed by atoms with Crippen LogP contribution in [-0.2, 0) is 11.3 Å². The lowest BCUT2D eigenvalue weighted by atomic mass is 10.2. The van der Waals surface area contributed by atoms with Gasteiger partial charge in [0, 0.05) is 13.1 Å². The first-order valence-electron chi connectivity index (χ1n) is 6.72. The third kappa shape index (κ3) is 3.17. The van der Waals surface area contributed by atoms with Crippen molar-refractivity contribution in [2.24, 2.45) is 0 Å². The predicted molar refractivity (Wildman–Crippen MR) is 71.7 cm³/mol. The number of ether oxygens (including phenoxy) is 1. The van der Waals surface area contributed by atoms with E-state index in [0.29, 0.717) is 6.04 Å². The molecular formula is C13H22N4O. The van der Waals surface area contributed by atoms with Gasteiger partial charge in [0.2, 0.25) is 0 Å². The SMILES string of the molecule is CCNCc1ccc(N2CCOCC2CC)nn1. The Morgan fingerprint density at radius 1 is 1.39 bits per heavy atom. The largest absolute Gasteiger partial charge is 0.377 e. The number of hydrogen-bond donors (Lipinski definition) is 1. The molecule has 0 amide bonds. The highest BCUT2D eigenvalue weighted by molar-refractivity contribution is 5.39. The van der Waals surface area contributed by atoms with E-state index in [1.54, 1.807) is 0 Å². The van der Waals surface area contributed by atoms with Crippen LogP contribution in [-0.4, -0.2) is 42.5 Å². The van der Waals surface area contributed by atoms with Crippen molar-refractivity contribution >= 4 is 5.82 Å². The highest BCUT2D eigenvalue weighted by Crippen LogP contribution is 2.18. The standard InChI is InChI=1S/C13H22N4O/c1-3-12-10-18-8-7-17(12)13-6-5-11(15-16-13)9-14-4-2/h5-6,12,14H,3-4,7-10H2,1-2H3. The Morgan fingerprint density at radius 2 is 2.28 bits per heavy atom. The number of rotatable bonds is 5. The molecule has 100 valence electrons. The second-order valence-electron chi connectivity index (χ2n) is 4.49. The van der Waals surface area contributed by atoms with Crippen molar-refractivity contribution in [3.63, 3.8) is 0 Å². The van der Waals surface area contributed by atoms with Crippen LogP contribution in [0.5, 0.6) is 0 Å². The van der Waals surface area contributed by atoms with Gasteiger partial charge in [0.25, 0.3) is 0 Å². The van der Waals surface area contributed by atoms with Crippen molar-refractivity contribution in [1.82, 2.24) is 15.5 Å². The van der Waals surface area contributed by atoms with Crippen LogP contribution < -0.4 is 10.2 Å². The van der Waals surface area contributed by atoms with Crippen LogP contribution in [0.2, 0.25) is 0 Å². The van der Waals surface area contributed by atoms with Crippen LogP contribution in [0.3, 0.4) is 0 Å². The Morgan fingerprint density at radius 3 is 2.94 bits per heavy atom. The average molecular weight is 250 g/mol. The summed E-state index contributed by atoms with van der Waals surface area (Å²) in [4.78, 5) is 2.30. The predicted octanol–water partition coefficient (Wildman–Crippen LogP) is 1.20. The first-order valence-corrected chi connectivity index (χ1v) is 6.72. The molecule has 1 aliphatic rings. The lowest BCUT2D eigenvalue weighted by molar-refractivity contribution is 0.0924. The number of anilines is 1. The third-order valence-electron chi connectivity index (χ3n) is 3.25. The van der Waals surface area contributed by atoms with E-state index < -0.39 is 0 Å². The average Bonchev–Trinajstić information content (AvgIpc) is 2.45. The molecule has 1 fully saturated rings. The quantitative estimate of drug-likeness (QED) is 0.851. The molecule has 1 aromatic heterocycles. The number of hydrogen-bond acceptors (Lipinski definition) is 5. The van der Waals surface area contributed by atoms with Crippen molar-refractivity contribution in [2.75, 3.05) is 31.2 Å². The van der Waals surface area contributed by atoms with Crippen molar-refractivity contribution in [3.05, 3.63) is 17.8 Å². The molecule has 0 spiro atoms. The van der Waals surface area contributed by atoms with Crippen LogP contribution in [0.4, 0.5) is 5.82 Å². The van der Waals surface area contributed by atoms with Gasteiger partial charge in [-0.3, -0.25) is 0 Å². The maximum atomic E-state index is 5.50. The van der Waals surface area contributed by atoms with Crippen molar-refractivity contribution in [1.29, 1.82) is 0 Å². The molecule has 0 saturated carbocycles. The molecular weight excluding hydrogens is 228 g/mol. The highest BCUT2D eigenvalue weighted by atomic mass is 16.5. The summed E-state index contributed by atoms with van der Waals surface area (Å²) in [5, 5.41) is 11.8. The van der Waals surface area contributed by atoms with Gasteiger partial charge in [-0.05, 0) is 25.1 Å². The maximum absolute atomic E-state index is 5.50. The Bertz CT molecular complexity index is 355. The molecule has 5 nitrogen and oxygen atoms in total. The lowest BCUT2D eigenvalue weighted by Gasteiger charge is -2.35. The van der Waals surface area contributed by atoms with Gasteiger partial charge in [-0.25, -0.2) is 0 Å². The minimum atomic E-state index is 0.424. The summed E-state index contributed by atoms with van der Waals surface area (Å²) in [7, 11) is 0. The number of morpholine rings is 1. The topological polar surface area (TPSA) is 50.3 Å². The number of aromatic nitrogens is 2. The second-order valence-corrected chi connectivity index (χ2v) is 4.49. The molecule has 1 atom stereocenters. The fourth-order valence-electron chi connectivity index (χ4n) is 2.15. The molecule has 0 radical (unpaired) electrons. The van der Waals surface area contributed by atoms with E-state index in [0.717, 1.165) is 50.8 Å². The molecule has 18 heavy (non-hydrogen) atoms. The number of nitrogens with zero attached hydrogens (tertiary/aromatic N) is 3. The first kappa shape index (κ1) is 13.2. The van der Waals surface area contributed by atoms with Crippen LogP contribution in [0, 0.1) is 0 Å². The van der Waals surface area contributed by atoms with Gasteiger partial charge in [-0.2, -0.15) is 5.10 Å². The molecule has 1 aliphatic heterocycles. The maximum Gasteiger partial charge on any atom is 0.151 e. The molecule has 0 bridgehead atoms. The van der Waals surface area contributed by atoms with Crippen molar-refractivity contribution in [3.8, 4) is 0 Å². The summed E-state index contributed by atoms with van der Waals surface area (Å²) in [5.41, 5.74) is 0.988. The zero-order chi connectivity index (χ0) is 12.8. The Balaban J connectivity index is 2.03. The van der Waals surface area contributed by atoms with Gasteiger partial charge in [-0.15, -0.1) is 5.10 Å². The van der Waals surface area contributed by atoms with E-state index in [1.165, 1.54) is 0 Å². The zero-order valence-corrected chi connectivity index (χ0v) is 11.2. The summed E-state index contributed by atoms with van der Waals surface area (Å²) in [6.07, 6.45) is 1.07. The van der Waals surface area contributed by atoms with E-state index >= 15 is 0 Å². The van der Waals surface area contributed by atoms with E-state index in [9.17, 15) is 0 Å². The minimum Gasteiger partial charge on any atom is -0.377 e. The second kappa shape index (κ2) is 6.66. The molecule has 1 aromatic rings. The van der Waals surface area contributed by atoms with Gasteiger partial charge >= 0.3 is 0 Å². The molecule has 0 aliphatic carbocycles. The lowest BCUT2D eigenvalue weighted by Crippen LogP contribution is -2.45. The van der Waals surface area contributed by atoms with Crippen LogP contribution in [0.25, 0.3) is 0 Å². The fourth-order valence-corrected chi connectivity index (χ4v) is 2.15. The van der Waals surface area contributed by atoms with E-state index in [2.05, 4.69) is 40.3 Å². The van der Waals surface area contributed by atoms with Crippen molar-refractivity contribution in [2.45, 2.75) is 32.9 Å². The molecule has 1 N–H and O–H groups in total. The zero-order valence-electron chi connectivity index (χ0n) is 11.2. The van der Waals surface area contributed by atoms with Crippen LogP contribution >= 0.6 is 0 Å². The highest BCUT2D eigenvalue weighted by Gasteiger charge is 2.22. The third-order valence-corrected chi connectivity index (χ3v) is 3.25. The van der Waals surface area contributed by atoms with E-state index in [4.69, 9.17) is 4.74 Å². The fraction of sp³-hybridized carbons (Fsp3) is 0.692. The summed E-state index contributed by atoms with van der Waals surface area (Å²) < 4.78 is 5.50. The minimum absolute atomic E-state index is 0.424. The molecule has 5 heteroatoms. The van der Waals surface area contributed by atoms with E-state index in [1.807, 2.05) is 6.07 Å². The summed E-state index contributed by atoms with van der Waals surface area (Å²) >= 11 is 0. The molecule has 2 rings (SSSR count). The monoisotopic (exact) mass is 250 g/mol. The summed E-state index contributed by atoms with van der Waals surface area (Å²) in [6, 6.07) is 4.54. The van der Waals surface area contributed by atoms with E-state index in [-0.39, 0.29) is 0 Å². The van der Waals surface area contributed by atoms with Gasteiger partial charge in [0.15, 0.2) is 5.82 Å². The van der Waals surface area contributed by atoms with Crippen LogP contribution in [0.15, 0.2) is 12.1 Å². The number of nitrogens with one attached hydrogen (secondary N) is 1. The molecule has 0 aromatic carbocycles. The Kier molecular flexibility index (Phi) is 4.90. The van der Waals surface area contributed by atoms with Crippen LogP contribution in [0.1, 0.15) is 26.0 Å². The van der Waals surface area contributed by atoms with Crippen molar-refractivity contribution < 1.29 is 4.74 Å². The normalized spacial score (nSPS) is 20.1. The van der Waals surface area contributed by atoms with Gasteiger partial charge in [0.05, 0.1) is 24.9 Å². The van der Waals surface area contributed by atoms with Gasteiger partial charge in [0.1, 0.15) is 0 Å².